The molecule has 2 rings (SSSR count). The van der Waals surface area contributed by atoms with Crippen LogP contribution in [0.25, 0.3) is 0 Å². The fraction of sp³-hybridized carbons (Fsp3) is 0.571. The van der Waals surface area contributed by atoms with Gasteiger partial charge in [-0.25, -0.2) is 8.42 Å². The summed E-state index contributed by atoms with van der Waals surface area (Å²) in [5.41, 5.74) is 6.29. The van der Waals surface area contributed by atoms with E-state index in [1.165, 1.54) is 4.31 Å². The van der Waals surface area contributed by atoms with Gasteiger partial charge in [-0.3, -0.25) is 0 Å². The molecule has 6 nitrogen and oxygen atoms in total. The van der Waals surface area contributed by atoms with E-state index >= 15 is 0 Å². The van der Waals surface area contributed by atoms with Crippen LogP contribution in [0.2, 0.25) is 0 Å². The first-order valence-corrected chi connectivity index (χ1v) is 8.41. The summed E-state index contributed by atoms with van der Waals surface area (Å²) in [6, 6.07) is 4.83. The van der Waals surface area contributed by atoms with Crippen LogP contribution in [-0.2, 0) is 21.2 Å². The van der Waals surface area contributed by atoms with Crippen molar-refractivity contribution in [1.29, 1.82) is 0 Å². The summed E-state index contributed by atoms with van der Waals surface area (Å²) < 4.78 is 37.7. The minimum absolute atomic E-state index is 0.170. The molecule has 0 bridgehead atoms. The average molecular weight is 314 g/mol. The van der Waals surface area contributed by atoms with E-state index in [2.05, 4.69) is 0 Å². The average Bonchev–Trinajstić information content (AvgIpc) is 2.47. The van der Waals surface area contributed by atoms with Crippen molar-refractivity contribution in [3.63, 3.8) is 0 Å². The molecule has 7 heteroatoms. The molecule has 1 unspecified atom stereocenters. The second-order valence-electron chi connectivity index (χ2n) is 5.05. The molecule has 1 fully saturated rings. The zero-order valence-electron chi connectivity index (χ0n) is 12.4. The molecular weight excluding hydrogens is 292 g/mol. The van der Waals surface area contributed by atoms with Crippen molar-refractivity contribution in [1.82, 2.24) is 4.31 Å². The summed E-state index contributed by atoms with van der Waals surface area (Å²) in [5.74, 6) is 0.632. The fourth-order valence-corrected chi connectivity index (χ4v) is 4.32. The highest BCUT2D eigenvalue weighted by Gasteiger charge is 2.32. The van der Waals surface area contributed by atoms with Gasteiger partial charge in [0.15, 0.2) is 0 Å². The lowest BCUT2D eigenvalue weighted by Gasteiger charge is -2.32. The lowest BCUT2D eigenvalue weighted by atomic mass is 10.1. The Morgan fingerprint density at radius 2 is 2.24 bits per heavy atom. The Morgan fingerprint density at radius 1 is 1.48 bits per heavy atom. The van der Waals surface area contributed by atoms with Crippen LogP contribution >= 0.6 is 0 Å². The minimum atomic E-state index is -3.55. The van der Waals surface area contributed by atoms with Gasteiger partial charge >= 0.3 is 0 Å². The van der Waals surface area contributed by atoms with Crippen LogP contribution < -0.4 is 10.5 Å². The highest BCUT2D eigenvalue weighted by Crippen LogP contribution is 2.27. The van der Waals surface area contributed by atoms with E-state index in [0.717, 1.165) is 0 Å². The van der Waals surface area contributed by atoms with Crippen molar-refractivity contribution < 1.29 is 17.9 Å². The van der Waals surface area contributed by atoms with Crippen molar-refractivity contribution in [2.45, 2.75) is 24.3 Å². The largest absolute Gasteiger partial charge is 0.497 e. The normalized spacial score (nSPS) is 20.4. The number of benzene rings is 1. The van der Waals surface area contributed by atoms with Crippen molar-refractivity contribution in [2.75, 3.05) is 33.4 Å². The van der Waals surface area contributed by atoms with Gasteiger partial charge in [0.1, 0.15) is 5.75 Å². The summed E-state index contributed by atoms with van der Waals surface area (Å²) in [4.78, 5) is 0.308. The second kappa shape index (κ2) is 6.74. The molecular formula is C14H22N2O4S. The Morgan fingerprint density at radius 3 is 2.86 bits per heavy atom. The van der Waals surface area contributed by atoms with Gasteiger partial charge in [-0.05, 0) is 43.7 Å². The van der Waals surface area contributed by atoms with Gasteiger partial charge in [-0.2, -0.15) is 4.31 Å². The number of morpholine rings is 1. The van der Waals surface area contributed by atoms with Crippen LogP contribution in [0, 0.1) is 0 Å². The molecule has 2 N–H and O–H groups in total. The van der Waals surface area contributed by atoms with E-state index < -0.39 is 10.0 Å². The van der Waals surface area contributed by atoms with Gasteiger partial charge in [0, 0.05) is 12.6 Å². The van der Waals surface area contributed by atoms with Gasteiger partial charge in [0.2, 0.25) is 10.0 Å². The third-order valence-corrected chi connectivity index (χ3v) is 5.69. The van der Waals surface area contributed by atoms with Gasteiger partial charge in [0.25, 0.3) is 0 Å². The van der Waals surface area contributed by atoms with Crippen LogP contribution in [0.4, 0.5) is 0 Å². The lowest BCUT2D eigenvalue weighted by Crippen LogP contribution is -2.47. The van der Waals surface area contributed by atoms with E-state index in [0.29, 0.717) is 48.9 Å². The van der Waals surface area contributed by atoms with Crippen molar-refractivity contribution >= 4 is 10.0 Å². The smallest absolute Gasteiger partial charge is 0.243 e. The van der Waals surface area contributed by atoms with E-state index in [1.54, 1.807) is 25.3 Å². The highest BCUT2D eigenvalue weighted by molar-refractivity contribution is 7.89. The Hall–Kier alpha value is -1.15. The number of hydrogen-bond acceptors (Lipinski definition) is 5. The minimum Gasteiger partial charge on any atom is -0.497 e. The monoisotopic (exact) mass is 314 g/mol. The molecule has 118 valence electrons. The second-order valence-corrected chi connectivity index (χ2v) is 6.91. The summed E-state index contributed by atoms with van der Waals surface area (Å²) >= 11 is 0. The quantitative estimate of drug-likeness (QED) is 0.861. The predicted octanol–water partition coefficient (Wildman–Crippen LogP) is 0.606. The Bertz CT molecular complexity index is 589. The van der Waals surface area contributed by atoms with Crippen molar-refractivity contribution in [3.05, 3.63) is 23.8 Å². The maximum atomic E-state index is 12.9. The van der Waals surface area contributed by atoms with E-state index in [4.69, 9.17) is 15.2 Å². The molecule has 0 aliphatic carbocycles. The van der Waals surface area contributed by atoms with Gasteiger partial charge in [-0.1, -0.05) is 0 Å². The van der Waals surface area contributed by atoms with Crippen LogP contribution in [0.5, 0.6) is 5.75 Å². The number of methoxy groups -OCH3 is 1. The third kappa shape index (κ3) is 3.37. The topological polar surface area (TPSA) is 81.9 Å². The molecule has 0 radical (unpaired) electrons. The molecule has 21 heavy (non-hydrogen) atoms. The van der Waals surface area contributed by atoms with Crippen molar-refractivity contribution in [2.24, 2.45) is 5.73 Å². The first-order valence-electron chi connectivity index (χ1n) is 6.97. The maximum Gasteiger partial charge on any atom is 0.243 e. The maximum absolute atomic E-state index is 12.9. The van der Waals surface area contributed by atoms with Crippen LogP contribution in [-0.4, -0.2) is 52.2 Å². The molecule has 1 aliphatic rings. The molecule has 1 aromatic rings. The molecule has 0 aromatic heterocycles. The Kier molecular flexibility index (Phi) is 5.21. The first-order chi connectivity index (χ1) is 10.0. The van der Waals surface area contributed by atoms with E-state index in [1.807, 2.05) is 6.92 Å². The molecule has 0 spiro atoms. The molecule has 1 aliphatic heterocycles. The van der Waals surface area contributed by atoms with E-state index in [9.17, 15) is 8.42 Å². The zero-order valence-corrected chi connectivity index (χ0v) is 13.2. The van der Waals surface area contributed by atoms with Crippen LogP contribution in [0.15, 0.2) is 23.1 Å². The summed E-state index contributed by atoms with van der Waals surface area (Å²) in [7, 11) is -1.99. The molecule has 1 saturated heterocycles. The molecule has 0 saturated carbocycles. The standard InChI is InChI=1S/C14H22N2O4S/c1-11-10-20-8-7-16(11)21(17,18)14-4-3-13(19-2)9-12(14)5-6-15/h3-4,9,11H,5-8,10,15H2,1-2H3. The highest BCUT2D eigenvalue weighted by atomic mass is 32.2. The van der Waals surface area contributed by atoms with E-state index in [-0.39, 0.29) is 6.04 Å². The lowest BCUT2D eigenvalue weighted by molar-refractivity contribution is 0.0392. The summed E-state index contributed by atoms with van der Waals surface area (Å²) in [5, 5.41) is 0. The van der Waals surface area contributed by atoms with Crippen molar-refractivity contribution in [3.8, 4) is 5.75 Å². The molecule has 1 heterocycles. The van der Waals surface area contributed by atoms with Crippen LogP contribution in [0.1, 0.15) is 12.5 Å². The predicted molar refractivity (Wildman–Crippen MR) is 79.9 cm³/mol. The molecule has 0 amide bonds. The number of nitrogens with two attached hydrogens (primary N) is 1. The number of ether oxygens (including phenoxy) is 2. The van der Waals surface area contributed by atoms with Gasteiger partial charge in [0.05, 0.1) is 25.2 Å². The Labute approximate surface area is 125 Å². The summed E-state index contributed by atoms with van der Waals surface area (Å²) in [6.07, 6.45) is 0.491. The molecule has 1 aromatic carbocycles. The molecule has 1 atom stereocenters. The first kappa shape index (κ1) is 16.2. The SMILES string of the molecule is COc1ccc(S(=O)(=O)N2CCOCC2C)c(CCN)c1. The zero-order chi connectivity index (χ0) is 15.5. The summed E-state index contributed by atoms with van der Waals surface area (Å²) in [6.45, 7) is 3.45. The van der Waals surface area contributed by atoms with Gasteiger partial charge in [-0.15, -0.1) is 0 Å². The number of sulfonamides is 1. The third-order valence-electron chi connectivity index (χ3n) is 3.57. The Balaban J connectivity index is 2.43. The van der Waals surface area contributed by atoms with Crippen LogP contribution in [0.3, 0.4) is 0 Å². The fourth-order valence-electron chi connectivity index (χ4n) is 2.48. The number of hydrogen-bond donors (Lipinski definition) is 1. The van der Waals surface area contributed by atoms with Gasteiger partial charge < -0.3 is 15.2 Å². The number of rotatable bonds is 5. The number of nitrogens with zero attached hydrogens (tertiary/aromatic N) is 1.